The summed E-state index contributed by atoms with van der Waals surface area (Å²) in [4.78, 5) is 37.2. The molecule has 0 spiro atoms. The number of nitrogens with one attached hydrogen (secondary N) is 1. The molecule has 3 atom stereocenters. The summed E-state index contributed by atoms with van der Waals surface area (Å²) in [6.45, 7) is -0.445. The number of nitrogens with zero attached hydrogens (tertiary/aromatic N) is 1. The lowest BCUT2D eigenvalue weighted by Crippen LogP contribution is -2.61. The summed E-state index contributed by atoms with van der Waals surface area (Å²) in [6, 6.07) is 16.6. The fraction of sp³-hybridized carbons (Fsp3) is 0.292. The Labute approximate surface area is 181 Å². The number of quaternary nitrogens is 1. The molecule has 2 aromatic carbocycles. The molecule has 1 heterocycles. The molecule has 1 aliphatic rings. The third-order valence-electron chi connectivity index (χ3n) is 5.54. The van der Waals surface area contributed by atoms with Gasteiger partial charge in [-0.15, -0.1) is 0 Å². The zero-order chi connectivity index (χ0) is 22.3. The average molecular weight is 423 g/mol. The molecule has 0 radical (unpaired) electrons. The molecular weight excluding hydrogens is 396 g/mol. The molecule has 0 aromatic heterocycles. The summed E-state index contributed by atoms with van der Waals surface area (Å²) < 4.78 is -0.487. The Kier molecular flexibility index (Phi) is 7.33. The molecule has 7 nitrogen and oxygen atoms in total. The minimum atomic E-state index is -1.11. The second kappa shape index (κ2) is 10.1. The van der Waals surface area contributed by atoms with Gasteiger partial charge in [0.05, 0.1) is 0 Å². The van der Waals surface area contributed by atoms with Gasteiger partial charge in [-0.25, -0.2) is 9.59 Å². The van der Waals surface area contributed by atoms with Gasteiger partial charge in [0, 0.05) is 12.1 Å². The molecule has 0 saturated carbocycles. The van der Waals surface area contributed by atoms with E-state index < -0.39 is 35.1 Å². The van der Waals surface area contributed by atoms with Crippen molar-refractivity contribution in [3.8, 4) is 0 Å². The average Bonchev–Trinajstić information content (AvgIpc) is 2.92. The zero-order valence-electron chi connectivity index (χ0n) is 17.2. The van der Waals surface area contributed by atoms with Crippen molar-refractivity contribution in [2.24, 2.45) is 0 Å². The van der Waals surface area contributed by atoms with Crippen LogP contribution in [0.15, 0.2) is 72.9 Å². The van der Waals surface area contributed by atoms with E-state index in [0.717, 1.165) is 5.56 Å². The van der Waals surface area contributed by atoms with Crippen molar-refractivity contribution < 1.29 is 24.6 Å². The highest BCUT2D eigenvalue weighted by atomic mass is 16.4. The fourth-order valence-corrected chi connectivity index (χ4v) is 3.97. The van der Waals surface area contributed by atoms with E-state index in [1.807, 2.05) is 30.3 Å². The molecule has 0 fully saturated rings. The third kappa shape index (κ3) is 5.45. The Balaban J connectivity index is 1.85. The first kappa shape index (κ1) is 22.4. The van der Waals surface area contributed by atoms with E-state index in [1.165, 1.54) is 0 Å². The molecule has 31 heavy (non-hydrogen) atoms. The van der Waals surface area contributed by atoms with Crippen LogP contribution in [0.25, 0.3) is 0 Å². The lowest BCUT2D eigenvalue weighted by atomic mass is 10.0. The van der Waals surface area contributed by atoms with Crippen LogP contribution in [0.4, 0.5) is 5.69 Å². The molecular formula is C24H27N2O5+. The largest absolute Gasteiger partial charge is 0.480 e. The smallest absolute Gasteiger partial charge is 0.360 e. The number of hydrogen-bond donors (Lipinski definition) is 3. The first-order chi connectivity index (χ1) is 14.9. The molecule has 0 aliphatic carbocycles. The van der Waals surface area contributed by atoms with Gasteiger partial charge in [-0.2, -0.15) is 4.48 Å². The number of aliphatic carboxylic acids is 2. The predicted molar refractivity (Wildman–Crippen MR) is 117 cm³/mol. The molecule has 3 unspecified atom stereocenters. The van der Waals surface area contributed by atoms with Crippen molar-refractivity contribution in [2.75, 3.05) is 6.54 Å². The van der Waals surface area contributed by atoms with Crippen molar-refractivity contribution >= 4 is 23.5 Å². The van der Waals surface area contributed by atoms with Crippen molar-refractivity contribution in [3.05, 3.63) is 78.5 Å². The van der Waals surface area contributed by atoms with Gasteiger partial charge in [-0.1, -0.05) is 48.5 Å². The van der Waals surface area contributed by atoms with Crippen molar-refractivity contribution in [1.29, 1.82) is 0 Å². The van der Waals surface area contributed by atoms with Gasteiger partial charge in [-0.05, 0) is 37.3 Å². The first-order valence-corrected chi connectivity index (χ1v) is 10.3. The van der Waals surface area contributed by atoms with Gasteiger partial charge < -0.3 is 10.2 Å². The number of allylic oxidation sites excluding steroid dienone is 1. The Morgan fingerprint density at radius 2 is 1.68 bits per heavy atom. The Morgan fingerprint density at radius 1 is 1.03 bits per heavy atom. The standard InChI is InChI=1S/C24H26N2O5/c27-22(28)17-26(19-11-5-2-6-12-19)16-8-7-13-20(23(26)29)25-21(24(30)31)15-14-18-9-3-1-4-10-18/h1-6,8-12,16,20-21,25H,7,13-15,17H2,(H-,27,28,30,31)/p+1. The summed E-state index contributed by atoms with van der Waals surface area (Å²) in [5.41, 5.74) is 1.56. The lowest BCUT2D eigenvalue weighted by Gasteiger charge is -2.33. The van der Waals surface area contributed by atoms with E-state index in [4.69, 9.17) is 0 Å². The van der Waals surface area contributed by atoms with Crippen LogP contribution in [-0.2, 0) is 20.8 Å². The highest BCUT2D eigenvalue weighted by Crippen LogP contribution is 2.29. The Hall–Kier alpha value is -3.29. The molecule has 0 bridgehead atoms. The van der Waals surface area contributed by atoms with Gasteiger partial charge in [0.25, 0.3) is 0 Å². The minimum Gasteiger partial charge on any atom is -0.480 e. The van der Waals surface area contributed by atoms with E-state index in [2.05, 4.69) is 5.32 Å². The fourth-order valence-electron chi connectivity index (χ4n) is 3.97. The second-order valence-electron chi connectivity index (χ2n) is 7.69. The number of para-hydroxylation sites is 1. The van der Waals surface area contributed by atoms with Gasteiger partial charge in [0.15, 0.2) is 6.54 Å². The number of carbonyl (C=O) groups is 3. The van der Waals surface area contributed by atoms with E-state index in [1.54, 1.807) is 42.6 Å². The van der Waals surface area contributed by atoms with Crippen LogP contribution < -0.4 is 9.80 Å². The van der Waals surface area contributed by atoms with Crippen LogP contribution in [0.5, 0.6) is 0 Å². The van der Waals surface area contributed by atoms with Gasteiger partial charge in [0.1, 0.15) is 24.0 Å². The second-order valence-corrected chi connectivity index (χ2v) is 7.69. The maximum atomic E-state index is 13.6. The molecule has 0 saturated heterocycles. The normalized spacial score (nSPS) is 21.9. The maximum absolute atomic E-state index is 13.6. The molecule has 162 valence electrons. The molecule has 7 heteroatoms. The van der Waals surface area contributed by atoms with Gasteiger partial charge in [-0.3, -0.25) is 10.1 Å². The Bertz CT molecular complexity index is 945. The SMILES string of the molecule is O=C(O)C[N+]1(c2ccccc2)C=CCCC(NC(CCc2ccccc2)C(=O)O)C1=O. The first-order valence-electron chi connectivity index (χ1n) is 10.3. The molecule has 1 aliphatic heterocycles. The van der Waals surface area contributed by atoms with Gasteiger partial charge in [0.2, 0.25) is 0 Å². The summed E-state index contributed by atoms with van der Waals surface area (Å²) >= 11 is 0. The van der Waals surface area contributed by atoms with E-state index in [9.17, 15) is 24.6 Å². The number of hydrogen-bond acceptors (Lipinski definition) is 4. The lowest BCUT2D eigenvalue weighted by molar-refractivity contribution is -0.144. The zero-order valence-corrected chi connectivity index (χ0v) is 17.2. The number of rotatable bonds is 9. The summed E-state index contributed by atoms with van der Waals surface area (Å²) in [5, 5.41) is 22.3. The molecule has 2 aromatic rings. The van der Waals surface area contributed by atoms with Crippen molar-refractivity contribution in [2.45, 2.75) is 37.8 Å². The number of carboxylic acid groups (broad SMARTS) is 2. The topological polar surface area (TPSA) is 104 Å². The quantitative estimate of drug-likeness (QED) is 0.536. The maximum Gasteiger partial charge on any atom is 0.360 e. The van der Waals surface area contributed by atoms with E-state index in [0.29, 0.717) is 31.4 Å². The number of amides is 1. The van der Waals surface area contributed by atoms with Crippen LogP contribution in [0.2, 0.25) is 0 Å². The van der Waals surface area contributed by atoms with Crippen LogP contribution in [0.1, 0.15) is 24.8 Å². The Morgan fingerprint density at radius 3 is 2.29 bits per heavy atom. The third-order valence-corrected chi connectivity index (χ3v) is 5.54. The number of carbonyl (C=O) groups excluding carboxylic acids is 1. The predicted octanol–water partition coefficient (Wildman–Crippen LogP) is 2.96. The van der Waals surface area contributed by atoms with E-state index >= 15 is 0 Å². The summed E-state index contributed by atoms with van der Waals surface area (Å²) in [6.07, 6.45) is 5.23. The number of aryl methyl sites for hydroxylation is 1. The molecule has 3 rings (SSSR count). The van der Waals surface area contributed by atoms with Crippen LogP contribution in [0, 0.1) is 0 Å². The highest BCUT2D eigenvalue weighted by Gasteiger charge is 2.45. The number of carboxylic acids is 2. The molecule has 3 N–H and O–H groups in total. The number of benzene rings is 2. The van der Waals surface area contributed by atoms with Gasteiger partial charge >= 0.3 is 17.8 Å². The van der Waals surface area contributed by atoms with Crippen LogP contribution in [0.3, 0.4) is 0 Å². The van der Waals surface area contributed by atoms with E-state index in [-0.39, 0.29) is 5.91 Å². The molecule has 1 amide bonds. The van der Waals surface area contributed by atoms with Crippen molar-refractivity contribution in [1.82, 2.24) is 9.80 Å². The van der Waals surface area contributed by atoms with Crippen molar-refractivity contribution in [3.63, 3.8) is 0 Å². The summed E-state index contributed by atoms with van der Waals surface area (Å²) in [5.74, 6) is -2.51. The minimum absolute atomic E-state index is 0.320. The highest BCUT2D eigenvalue weighted by molar-refractivity contribution is 5.98. The van der Waals surface area contributed by atoms with Crippen LogP contribution in [-0.4, -0.2) is 46.7 Å². The van der Waals surface area contributed by atoms with Crippen LogP contribution >= 0.6 is 0 Å². The monoisotopic (exact) mass is 423 g/mol. The summed E-state index contributed by atoms with van der Waals surface area (Å²) in [7, 11) is 0.